The van der Waals surface area contributed by atoms with Crippen LogP contribution in [0.15, 0.2) is 36.7 Å². The first-order valence-corrected chi connectivity index (χ1v) is 9.95. The van der Waals surface area contributed by atoms with Gasteiger partial charge in [0.05, 0.1) is 12.8 Å². The highest BCUT2D eigenvalue weighted by atomic mass is 19.3. The number of alkyl halides is 2. The number of fused-ring (bicyclic) bond motifs is 1. The second kappa shape index (κ2) is 8.73. The van der Waals surface area contributed by atoms with Crippen LogP contribution in [0.4, 0.5) is 8.78 Å². The molecule has 1 aliphatic heterocycles. The fourth-order valence-corrected chi connectivity index (χ4v) is 3.97. The summed E-state index contributed by atoms with van der Waals surface area (Å²) < 4.78 is 33.3. The number of benzene rings is 1. The number of aryl methyl sites for hydroxylation is 1. The van der Waals surface area contributed by atoms with Crippen LogP contribution >= 0.6 is 0 Å². The first-order valence-electron chi connectivity index (χ1n) is 9.95. The zero-order valence-corrected chi connectivity index (χ0v) is 16.7. The van der Waals surface area contributed by atoms with Crippen molar-refractivity contribution < 1.29 is 18.3 Å². The molecule has 4 rings (SSSR count). The van der Waals surface area contributed by atoms with E-state index in [0.717, 1.165) is 28.7 Å². The molecule has 0 aliphatic carbocycles. The number of halogens is 2. The Morgan fingerprint density at radius 1 is 1.33 bits per heavy atom. The van der Waals surface area contributed by atoms with Crippen molar-refractivity contribution in [3.05, 3.63) is 53.6 Å². The second-order valence-corrected chi connectivity index (χ2v) is 7.37. The summed E-state index contributed by atoms with van der Waals surface area (Å²) in [7, 11) is 1.61. The smallest absolute Gasteiger partial charge is 0.280 e. The van der Waals surface area contributed by atoms with Gasteiger partial charge in [-0.15, -0.1) is 0 Å². The highest BCUT2D eigenvalue weighted by Gasteiger charge is 2.27. The number of nitrogens with zero attached hydrogens (tertiary/aromatic N) is 5. The van der Waals surface area contributed by atoms with Crippen molar-refractivity contribution in [1.29, 1.82) is 0 Å². The van der Waals surface area contributed by atoms with Crippen molar-refractivity contribution in [2.45, 2.75) is 38.0 Å². The van der Waals surface area contributed by atoms with Crippen LogP contribution in [0.5, 0.6) is 5.75 Å². The van der Waals surface area contributed by atoms with Gasteiger partial charge in [0.1, 0.15) is 17.8 Å². The third-order valence-electron chi connectivity index (χ3n) is 5.52. The van der Waals surface area contributed by atoms with E-state index in [9.17, 15) is 13.6 Å². The van der Waals surface area contributed by atoms with Crippen molar-refractivity contribution in [2.75, 3.05) is 20.2 Å². The quantitative estimate of drug-likeness (QED) is 0.617. The normalized spacial score (nSPS) is 16.9. The van der Waals surface area contributed by atoms with Gasteiger partial charge in [-0.2, -0.15) is 14.6 Å². The van der Waals surface area contributed by atoms with E-state index in [0.29, 0.717) is 31.6 Å². The lowest BCUT2D eigenvalue weighted by Gasteiger charge is -2.32. The predicted octanol–water partition coefficient (Wildman–Crippen LogP) is 3.41. The van der Waals surface area contributed by atoms with E-state index in [4.69, 9.17) is 4.74 Å². The molecule has 0 saturated carbocycles. The summed E-state index contributed by atoms with van der Waals surface area (Å²) in [5.74, 6) is 0.867. The molecule has 158 valence electrons. The van der Waals surface area contributed by atoms with Gasteiger partial charge in [0.15, 0.2) is 0 Å². The van der Waals surface area contributed by atoms with Crippen LogP contribution in [0, 0.1) is 0 Å². The zero-order valence-electron chi connectivity index (χ0n) is 16.7. The molecule has 9 heteroatoms. The van der Waals surface area contributed by atoms with E-state index in [1.54, 1.807) is 12.0 Å². The molecule has 1 atom stereocenters. The third-order valence-corrected chi connectivity index (χ3v) is 5.52. The molecule has 0 bridgehead atoms. The van der Waals surface area contributed by atoms with Crippen molar-refractivity contribution in [3.63, 3.8) is 0 Å². The summed E-state index contributed by atoms with van der Waals surface area (Å²) in [5, 5.41) is 3.82. The van der Waals surface area contributed by atoms with Crippen LogP contribution in [0.1, 0.15) is 48.6 Å². The molecule has 1 amide bonds. The molecular formula is C21H23F2N5O2. The number of aromatic nitrogens is 4. The first-order chi connectivity index (χ1) is 14.6. The lowest BCUT2D eigenvalue weighted by Crippen LogP contribution is -2.39. The van der Waals surface area contributed by atoms with Gasteiger partial charge in [0, 0.05) is 25.4 Å². The number of hydrogen-bond donors (Lipinski definition) is 0. The molecule has 2 aromatic heterocycles. The van der Waals surface area contributed by atoms with Crippen LogP contribution in [-0.4, -0.2) is 50.6 Å². The Kier molecular flexibility index (Phi) is 5.87. The van der Waals surface area contributed by atoms with Crippen molar-refractivity contribution in [2.24, 2.45) is 0 Å². The average molecular weight is 415 g/mol. The Hall–Kier alpha value is -3.10. The maximum Gasteiger partial charge on any atom is 0.280 e. The second-order valence-electron chi connectivity index (χ2n) is 7.37. The fraction of sp³-hybridized carbons (Fsp3) is 0.429. The molecule has 1 saturated heterocycles. The zero-order chi connectivity index (χ0) is 21.1. The summed E-state index contributed by atoms with van der Waals surface area (Å²) in [6.07, 6.45) is 1.07. The maximum atomic E-state index is 13.5. The molecule has 1 fully saturated rings. The Balaban J connectivity index is 1.47. The molecule has 1 aliphatic rings. The van der Waals surface area contributed by atoms with Crippen LogP contribution < -0.4 is 4.74 Å². The number of methoxy groups -OCH3 is 1. The highest BCUT2D eigenvalue weighted by Crippen LogP contribution is 2.29. The summed E-state index contributed by atoms with van der Waals surface area (Å²) in [6, 6.07) is 9.04. The molecule has 3 heterocycles. The highest BCUT2D eigenvalue weighted by molar-refractivity contribution is 5.76. The van der Waals surface area contributed by atoms with E-state index >= 15 is 0 Å². The summed E-state index contributed by atoms with van der Waals surface area (Å²) >= 11 is 0. The summed E-state index contributed by atoms with van der Waals surface area (Å²) in [4.78, 5) is 23.0. The van der Waals surface area contributed by atoms with Crippen LogP contribution in [-0.2, 0) is 11.2 Å². The standard InChI is InChI=1S/C21H23F2N5O2/c1-30-18-7-3-2-5-14(18)8-9-19(29)27-10-4-6-15(12-27)16-11-17(20(22)23)28-21(26-16)24-13-25-28/h2-3,5,7,11,13,15,20H,4,6,8-10,12H2,1H3/t15-/m0/s1. The average Bonchev–Trinajstić information content (AvgIpc) is 3.25. The monoisotopic (exact) mass is 415 g/mol. The first kappa shape index (κ1) is 20.2. The van der Waals surface area contributed by atoms with E-state index in [-0.39, 0.29) is 23.3 Å². The molecule has 30 heavy (non-hydrogen) atoms. The minimum Gasteiger partial charge on any atom is -0.496 e. The van der Waals surface area contributed by atoms with Gasteiger partial charge < -0.3 is 9.64 Å². The van der Waals surface area contributed by atoms with Gasteiger partial charge >= 0.3 is 0 Å². The third kappa shape index (κ3) is 4.10. The van der Waals surface area contributed by atoms with Gasteiger partial charge in [-0.05, 0) is 37.0 Å². The molecule has 0 spiro atoms. The number of rotatable bonds is 6. The van der Waals surface area contributed by atoms with Crippen LogP contribution in [0.2, 0.25) is 0 Å². The van der Waals surface area contributed by atoms with Gasteiger partial charge in [0.25, 0.3) is 12.2 Å². The minimum absolute atomic E-state index is 0.0447. The van der Waals surface area contributed by atoms with Gasteiger partial charge in [0.2, 0.25) is 5.91 Å². The number of carbonyl (C=O) groups is 1. The summed E-state index contributed by atoms with van der Waals surface area (Å²) in [6.45, 7) is 1.13. The maximum absolute atomic E-state index is 13.5. The molecular weight excluding hydrogens is 392 g/mol. The number of ether oxygens (including phenoxy) is 1. The largest absolute Gasteiger partial charge is 0.496 e. The van der Waals surface area contributed by atoms with Crippen LogP contribution in [0.25, 0.3) is 5.78 Å². The molecule has 0 N–H and O–H groups in total. The molecule has 1 aromatic carbocycles. The summed E-state index contributed by atoms with van der Waals surface area (Å²) in [5.41, 5.74) is 1.29. The lowest BCUT2D eigenvalue weighted by atomic mass is 9.93. The van der Waals surface area contributed by atoms with E-state index in [2.05, 4.69) is 15.1 Å². The van der Waals surface area contributed by atoms with E-state index < -0.39 is 6.43 Å². The number of carbonyl (C=O) groups excluding carboxylic acids is 1. The van der Waals surface area contributed by atoms with Gasteiger partial charge in [-0.1, -0.05) is 18.2 Å². The molecule has 7 nitrogen and oxygen atoms in total. The Morgan fingerprint density at radius 2 is 2.17 bits per heavy atom. The molecule has 0 radical (unpaired) electrons. The predicted molar refractivity (Wildman–Crippen MR) is 106 cm³/mol. The number of hydrogen-bond acceptors (Lipinski definition) is 5. The van der Waals surface area contributed by atoms with Crippen molar-refractivity contribution in [3.8, 4) is 5.75 Å². The lowest BCUT2D eigenvalue weighted by molar-refractivity contribution is -0.132. The van der Waals surface area contributed by atoms with Gasteiger partial charge in [-0.25, -0.2) is 13.8 Å². The topological polar surface area (TPSA) is 72.6 Å². The van der Waals surface area contributed by atoms with E-state index in [1.165, 1.54) is 12.4 Å². The number of amides is 1. The minimum atomic E-state index is -2.68. The Morgan fingerprint density at radius 3 is 2.97 bits per heavy atom. The van der Waals surface area contributed by atoms with Crippen molar-refractivity contribution >= 4 is 11.7 Å². The van der Waals surface area contributed by atoms with Gasteiger partial charge in [-0.3, -0.25) is 4.79 Å². The fourth-order valence-electron chi connectivity index (χ4n) is 3.97. The number of para-hydroxylation sites is 1. The van der Waals surface area contributed by atoms with Crippen LogP contribution in [0.3, 0.4) is 0 Å². The SMILES string of the molecule is COc1ccccc1CCC(=O)N1CCC[C@H](c2cc(C(F)F)n3ncnc3n2)C1. The van der Waals surface area contributed by atoms with Crippen molar-refractivity contribution in [1.82, 2.24) is 24.5 Å². The number of likely N-dealkylation sites (tertiary alicyclic amines) is 1. The molecule has 3 aromatic rings. The number of piperidine rings is 1. The Labute approximate surface area is 172 Å². The molecule has 0 unspecified atom stereocenters. The van der Waals surface area contributed by atoms with E-state index in [1.807, 2.05) is 24.3 Å². The Bertz CT molecular complexity index is 1040.